The minimum absolute atomic E-state index is 0.0516. The Bertz CT molecular complexity index is 434. The van der Waals surface area contributed by atoms with E-state index in [1.165, 1.54) is 5.56 Å². The fourth-order valence-corrected chi connectivity index (χ4v) is 2.43. The quantitative estimate of drug-likeness (QED) is 0.843. The van der Waals surface area contributed by atoms with Gasteiger partial charge >= 0.3 is 0 Å². The van der Waals surface area contributed by atoms with Gasteiger partial charge in [-0.3, -0.25) is 4.79 Å². The summed E-state index contributed by atoms with van der Waals surface area (Å²) in [4.78, 5) is 12.3. The predicted molar refractivity (Wildman–Crippen MR) is 75.0 cm³/mol. The van der Waals surface area contributed by atoms with Crippen molar-refractivity contribution in [3.05, 3.63) is 35.4 Å². The second-order valence-electron chi connectivity index (χ2n) is 5.03. The van der Waals surface area contributed by atoms with Gasteiger partial charge in [0.1, 0.15) is 6.04 Å². The van der Waals surface area contributed by atoms with Gasteiger partial charge in [0, 0.05) is 26.3 Å². The Kier molecular flexibility index (Phi) is 4.93. The number of nitrogens with one attached hydrogen (secondary N) is 2. The molecule has 1 aromatic rings. The highest BCUT2D eigenvalue weighted by molar-refractivity contribution is 5.84. The molecule has 4 heteroatoms. The molecule has 0 radical (unpaired) electrons. The molecule has 0 bridgehead atoms. The van der Waals surface area contributed by atoms with E-state index in [-0.39, 0.29) is 18.0 Å². The van der Waals surface area contributed by atoms with E-state index in [1.54, 1.807) is 7.11 Å². The summed E-state index contributed by atoms with van der Waals surface area (Å²) >= 11 is 0. The van der Waals surface area contributed by atoms with Gasteiger partial charge in [-0.1, -0.05) is 24.3 Å². The standard InChI is InChI=1S/C15H22N2O2/c1-11(8-10-19-2)17-15(18)14-13-6-4-3-5-12(13)7-9-16-14/h3-6,11,14,16H,7-10H2,1-2H3,(H,17,18). The Morgan fingerprint density at radius 2 is 2.32 bits per heavy atom. The lowest BCUT2D eigenvalue weighted by Crippen LogP contribution is -2.44. The summed E-state index contributed by atoms with van der Waals surface area (Å²) in [5.41, 5.74) is 2.37. The summed E-state index contributed by atoms with van der Waals surface area (Å²) in [7, 11) is 1.67. The van der Waals surface area contributed by atoms with Crippen LogP contribution in [0.4, 0.5) is 0 Å². The molecule has 0 aromatic heterocycles. The SMILES string of the molecule is COCCC(C)NC(=O)C1NCCc2ccccc21. The number of carbonyl (C=O) groups excluding carboxylic acids is 1. The molecule has 2 rings (SSSR count). The lowest BCUT2D eigenvalue weighted by atomic mass is 9.94. The second-order valence-corrected chi connectivity index (χ2v) is 5.03. The number of methoxy groups -OCH3 is 1. The number of rotatable bonds is 5. The average Bonchev–Trinajstić information content (AvgIpc) is 2.44. The lowest BCUT2D eigenvalue weighted by Gasteiger charge is -2.27. The molecule has 104 valence electrons. The van der Waals surface area contributed by atoms with Crippen LogP contribution in [0, 0.1) is 0 Å². The first-order valence-electron chi connectivity index (χ1n) is 6.83. The summed E-state index contributed by atoms with van der Waals surface area (Å²) in [6.07, 6.45) is 1.82. The first-order chi connectivity index (χ1) is 9.22. The van der Waals surface area contributed by atoms with Crippen LogP contribution in [0.25, 0.3) is 0 Å². The molecule has 2 atom stereocenters. The Morgan fingerprint density at radius 3 is 3.11 bits per heavy atom. The average molecular weight is 262 g/mol. The number of hydrogen-bond donors (Lipinski definition) is 2. The van der Waals surface area contributed by atoms with Gasteiger partial charge in [-0.15, -0.1) is 0 Å². The van der Waals surface area contributed by atoms with E-state index in [0.29, 0.717) is 6.61 Å². The van der Waals surface area contributed by atoms with Crippen LogP contribution in [0.1, 0.15) is 30.5 Å². The van der Waals surface area contributed by atoms with Crippen LogP contribution >= 0.6 is 0 Å². The highest BCUT2D eigenvalue weighted by Crippen LogP contribution is 2.22. The van der Waals surface area contributed by atoms with Gasteiger partial charge in [0.25, 0.3) is 0 Å². The largest absolute Gasteiger partial charge is 0.385 e. The van der Waals surface area contributed by atoms with E-state index in [1.807, 2.05) is 25.1 Å². The molecule has 0 saturated carbocycles. The number of hydrogen-bond acceptors (Lipinski definition) is 3. The maximum atomic E-state index is 12.3. The lowest BCUT2D eigenvalue weighted by molar-refractivity contribution is -0.124. The molecule has 19 heavy (non-hydrogen) atoms. The van der Waals surface area contributed by atoms with Gasteiger partial charge in [-0.25, -0.2) is 0 Å². The van der Waals surface area contributed by atoms with Crippen molar-refractivity contribution < 1.29 is 9.53 Å². The first-order valence-corrected chi connectivity index (χ1v) is 6.83. The van der Waals surface area contributed by atoms with E-state index in [0.717, 1.165) is 24.9 Å². The fourth-order valence-electron chi connectivity index (χ4n) is 2.43. The van der Waals surface area contributed by atoms with Crippen molar-refractivity contribution in [2.75, 3.05) is 20.3 Å². The summed E-state index contributed by atoms with van der Waals surface area (Å²) in [6.45, 7) is 3.52. The Labute approximate surface area is 114 Å². The molecule has 0 aliphatic carbocycles. The zero-order valence-electron chi connectivity index (χ0n) is 11.6. The van der Waals surface area contributed by atoms with Crippen molar-refractivity contribution in [1.29, 1.82) is 0 Å². The van der Waals surface area contributed by atoms with E-state index >= 15 is 0 Å². The molecule has 4 nitrogen and oxygen atoms in total. The van der Waals surface area contributed by atoms with Crippen molar-refractivity contribution in [3.63, 3.8) is 0 Å². The summed E-state index contributed by atoms with van der Waals surface area (Å²) < 4.78 is 5.03. The van der Waals surface area contributed by atoms with Crippen LogP contribution in [0.2, 0.25) is 0 Å². The van der Waals surface area contributed by atoms with Crippen LogP contribution < -0.4 is 10.6 Å². The molecule has 2 unspecified atom stereocenters. The van der Waals surface area contributed by atoms with Crippen LogP contribution in [0.15, 0.2) is 24.3 Å². The molecular weight excluding hydrogens is 240 g/mol. The normalized spacial score (nSPS) is 19.6. The summed E-state index contributed by atoms with van der Waals surface area (Å²) in [5.74, 6) is 0.0516. The Morgan fingerprint density at radius 1 is 1.53 bits per heavy atom. The van der Waals surface area contributed by atoms with E-state index in [9.17, 15) is 4.79 Å². The van der Waals surface area contributed by atoms with Crippen molar-refractivity contribution in [3.8, 4) is 0 Å². The predicted octanol–water partition coefficient (Wildman–Crippen LogP) is 1.41. The molecule has 1 aliphatic heterocycles. The summed E-state index contributed by atoms with van der Waals surface area (Å²) in [6, 6.07) is 8.05. The molecule has 0 fully saturated rings. The van der Waals surface area contributed by atoms with E-state index in [4.69, 9.17) is 4.74 Å². The highest BCUT2D eigenvalue weighted by atomic mass is 16.5. The molecule has 0 spiro atoms. The third kappa shape index (κ3) is 3.55. The third-order valence-corrected chi connectivity index (χ3v) is 3.51. The minimum atomic E-state index is -0.227. The molecule has 1 amide bonds. The highest BCUT2D eigenvalue weighted by Gasteiger charge is 2.26. The minimum Gasteiger partial charge on any atom is -0.385 e. The van der Waals surface area contributed by atoms with Crippen LogP contribution in [0.5, 0.6) is 0 Å². The number of amides is 1. The number of carbonyl (C=O) groups is 1. The van der Waals surface area contributed by atoms with E-state index in [2.05, 4.69) is 16.7 Å². The second kappa shape index (κ2) is 6.68. The van der Waals surface area contributed by atoms with Crippen molar-refractivity contribution in [1.82, 2.24) is 10.6 Å². The maximum absolute atomic E-state index is 12.3. The van der Waals surface area contributed by atoms with Gasteiger partial charge in [0.15, 0.2) is 0 Å². The Hall–Kier alpha value is -1.39. The molecule has 1 aliphatic rings. The van der Waals surface area contributed by atoms with Crippen molar-refractivity contribution >= 4 is 5.91 Å². The first kappa shape index (κ1) is 14.0. The van der Waals surface area contributed by atoms with Gasteiger partial charge in [-0.2, -0.15) is 0 Å². The van der Waals surface area contributed by atoms with Crippen LogP contribution in [-0.4, -0.2) is 32.2 Å². The molecule has 2 N–H and O–H groups in total. The van der Waals surface area contributed by atoms with Gasteiger partial charge in [-0.05, 0) is 30.9 Å². The zero-order valence-corrected chi connectivity index (χ0v) is 11.6. The zero-order chi connectivity index (χ0) is 13.7. The van der Waals surface area contributed by atoms with Crippen LogP contribution in [0.3, 0.4) is 0 Å². The fraction of sp³-hybridized carbons (Fsp3) is 0.533. The number of ether oxygens (including phenoxy) is 1. The molecular formula is C15H22N2O2. The van der Waals surface area contributed by atoms with Gasteiger partial charge in [0.2, 0.25) is 5.91 Å². The van der Waals surface area contributed by atoms with E-state index < -0.39 is 0 Å². The number of fused-ring (bicyclic) bond motifs is 1. The smallest absolute Gasteiger partial charge is 0.241 e. The molecule has 1 aromatic carbocycles. The van der Waals surface area contributed by atoms with Crippen molar-refractivity contribution in [2.45, 2.75) is 31.8 Å². The van der Waals surface area contributed by atoms with Gasteiger partial charge in [0.05, 0.1) is 0 Å². The third-order valence-electron chi connectivity index (χ3n) is 3.51. The molecule has 1 heterocycles. The number of benzene rings is 1. The molecule has 0 saturated heterocycles. The summed E-state index contributed by atoms with van der Waals surface area (Å²) in [5, 5.41) is 6.34. The van der Waals surface area contributed by atoms with Crippen molar-refractivity contribution in [2.24, 2.45) is 0 Å². The van der Waals surface area contributed by atoms with Crippen LogP contribution in [-0.2, 0) is 16.0 Å². The topological polar surface area (TPSA) is 50.4 Å². The Balaban J connectivity index is 2.00. The van der Waals surface area contributed by atoms with Gasteiger partial charge < -0.3 is 15.4 Å². The maximum Gasteiger partial charge on any atom is 0.241 e. The monoisotopic (exact) mass is 262 g/mol.